The Balaban J connectivity index is 1.82. The van der Waals surface area contributed by atoms with Crippen LogP contribution in [-0.2, 0) is 6.54 Å². The number of benzene rings is 3. The topological polar surface area (TPSA) is 56.4 Å². The van der Waals surface area contributed by atoms with Gasteiger partial charge in [-0.05, 0) is 24.3 Å². The zero-order valence-electron chi connectivity index (χ0n) is 14.4. The normalized spacial score (nSPS) is 11.4. The molecule has 0 N–H and O–H groups in total. The van der Waals surface area contributed by atoms with Crippen LogP contribution in [0.2, 0.25) is 0 Å². The molecule has 2 heterocycles. The van der Waals surface area contributed by atoms with E-state index < -0.39 is 0 Å². The molecule has 3 aromatic carbocycles. The largest absolute Gasteiger partial charge is 0.302 e. The van der Waals surface area contributed by atoms with E-state index in [0.717, 1.165) is 11.0 Å². The summed E-state index contributed by atoms with van der Waals surface area (Å²) in [5.74, 6) is 0.449. The van der Waals surface area contributed by atoms with Gasteiger partial charge in [-0.3, -0.25) is 9.59 Å². The third-order valence-electron chi connectivity index (χ3n) is 4.81. The highest BCUT2D eigenvalue weighted by Gasteiger charge is 2.17. The van der Waals surface area contributed by atoms with Crippen LogP contribution >= 0.6 is 0 Å². The van der Waals surface area contributed by atoms with Crippen LogP contribution in [-0.4, -0.2) is 19.7 Å². The Morgan fingerprint density at radius 1 is 0.815 bits per heavy atom. The number of carbonyl (C=O) groups excluding carboxylic acids is 1. The Morgan fingerprint density at radius 3 is 2.30 bits per heavy atom. The van der Waals surface area contributed by atoms with Crippen molar-refractivity contribution in [1.29, 1.82) is 0 Å². The van der Waals surface area contributed by atoms with E-state index >= 15 is 0 Å². The Kier molecular flexibility index (Phi) is 3.40. The second-order valence-corrected chi connectivity index (χ2v) is 6.43. The molecule has 0 radical (unpaired) electrons. The fourth-order valence-electron chi connectivity index (χ4n) is 3.52. The van der Waals surface area contributed by atoms with Crippen molar-refractivity contribution in [2.45, 2.75) is 6.54 Å². The van der Waals surface area contributed by atoms with Crippen LogP contribution in [0, 0.1) is 0 Å². The van der Waals surface area contributed by atoms with Gasteiger partial charge in [0, 0.05) is 5.56 Å². The summed E-state index contributed by atoms with van der Waals surface area (Å²) in [5, 5.41) is 0.562. The van der Waals surface area contributed by atoms with Crippen molar-refractivity contribution in [3.8, 4) is 0 Å². The molecule has 2 aromatic heterocycles. The van der Waals surface area contributed by atoms with Crippen LogP contribution in [0.15, 0.2) is 83.7 Å². The molecule has 0 unspecified atom stereocenters. The maximum Gasteiger partial charge on any atom is 0.267 e. The molecule has 27 heavy (non-hydrogen) atoms. The summed E-state index contributed by atoms with van der Waals surface area (Å²) in [7, 11) is 0. The lowest BCUT2D eigenvalue weighted by atomic mass is 10.1. The van der Waals surface area contributed by atoms with Crippen molar-refractivity contribution in [2.24, 2.45) is 0 Å². The molecule has 5 nitrogen and oxygen atoms in total. The number of nitrogens with zero attached hydrogens (tertiary/aromatic N) is 3. The van der Waals surface area contributed by atoms with Gasteiger partial charge in [-0.15, -0.1) is 0 Å². The Hall–Kier alpha value is -3.73. The van der Waals surface area contributed by atoms with Crippen LogP contribution in [0.25, 0.3) is 27.7 Å². The second-order valence-electron chi connectivity index (χ2n) is 6.43. The average Bonchev–Trinajstić information content (AvgIpc) is 3.03. The highest BCUT2D eigenvalue weighted by atomic mass is 16.1. The van der Waals surface area contributed by atoms with Gasteiger partial charge in [-0.25, -0.2) is 9.38 Å². The molecule has 0 aliphatic rings. The van der Waals surface area contributed by atoms with Crippen molar-refractivity contribution in [3.05, 3.63) is 94.8 Å². The van der Waals surface area contributed by atoms with Crippen molar-refractivity contribution in [1.82, 2.24) is 14.0 Å². The molecule has 5 rings (SSSR count). The summed E-state index contributed by atoms with van der Waals surface area (Å²) in [6, 6.07) is 24.0. The lowest BCUT2D eigenvalue weighted by molar-refractivity contribution is 0.0974. The molecule has 0 saturated heterocycles. The number of rotatable bonds is 3. The molecule has 0 spiro atoms. The minimum atomic E-state index is -0.127. The lowest BCUT2D eigenvalue weighted by Gasteiger charge is -2.06. The first kappa shape index (κ1) is 15.5. The minimum Gasteiger partial charge on any atom is -0.302 e. The van der Waals surface area contributed by atoms with Gasteiger partial charge in [0.2, 0.25) is 5.78 Å². The molecule has 0 amide bonds. The van der Waals surface area contributed by atoms with Gasteiger partial charge in [0.05, 0.1) is 28.5 Å². The molecule has 0 aliphatic heterocycles. The Labute approximate surface area is 154 Å². The van der Waals surface area contributed by atoms with E-state index in [0.29, 0.717) is 22.2 Å². The Morgan fingerprint density at radius 2 is 1.48 bits per heavy atom. The number of ketones is 1. The van der Waals surface area contributed by atoms with Gasteiger partial charge in [0.1, 0.15) is 0 Å². The number of imidazole rings is 1. The lowest BCUT2D eigenvalue weighted by Crippen LogP contribution is -2.17. The quantitative estimate of drug-likeness (QED) is 0.465. The van der Waals surface area contributed by atoms with Crippen molar-refractivity contribution < 1.29 is 4.79 Å². The zero-order chi connectivity index (χ0) is 18.4. The number of fused-ring (bicyclic) bond motifs is 4. The third kappa shape index (κ3) is 2.36. The highest BCUT2D eigenvalue weighted by molar-refractivity contribution is 5.97. The number of hydrogen-bond donors (Lipinski definition) is 0. The van der Waals surface area contributed by atoms with Gasteiger partial charge in [-0.2, -0.15) is 0 Å². The average molecular weight is 353 g/mol. The molecule has 0 bridgehead atoms. The maximum absolute atomic E-state index is 13.1. The van der Waals surface area contributed by atoms with Gasteiger partial charge in [0.15, 0.2) is 5.78 Å². The standard InChI is InChI=1S/C22H15N3O2/c26-20(15-8-2-1-3-9-15)14-24-18-12-6-7-13-19(18)25-21(27)16-10-4-5-11-17(16)23-22(24)25/h1-13H,14H2. The molecule has 0 atom stereocenters. The summed E-state index contributed by atoms with van der Waals surface area (Å²) in [4.78, 5) is 30.6. The van der Waals surface area contributed by atoms with Crippen LogP contribution in [0.5, 0.6) is 0 Å². The Bertz CT molecular complexity index is 1380. The van der Waals surface area contributed by atoms with Crippen LogP contribution in [0.3, 0.4) is 0 Å². The first-order valence-electron chi connectivity index (χ1n) is 8.71. The van der Waals surface area contributed by atoms with E-state index in [9.17, 15) is 9.59 Å². The summed E-state index contributed by atoms with van der Waals surface area (Å²) in [5.41, 5.74) is 2.69. The molecule has 0 fully saturated rings. The van der Waals surface area contributed by atoms with E-state index in [1.165, 1.54) is 0 Å². The van der Waals surface area contributed by atoms with Gasteiger partial charge >= 0.3 is 0 Å². The van der Waals surface area contributed by atoms with Crippen LogP contribution < -0.4 is 5.56 Å². The number of aromatic nitrogens is 3. The predicted octanol–water partition coefficient (Wildman–Crippen LogP) is 3.69. The predicted molar refractivity (Wildman–Crippen MR) is 105 cm³/mol. The number of para-hydroxylation sites is 3. The number of hydrogen-bond acceptors (Lipinski definition) is 3. The van der Waals surface area contributed by atoms with E-state index in [-0.39, 0.29) is 17.9 Å². The summed E-state index contributed by atoms with van der Waals surface area (Å²) in [6.45, 7) is 0.117. The van der Waals surface area contributed by atoms with Gasteiger partial charge in [0.25, 0.3) is 5.56 Å². The van der Waals surface area contributed by atoms with E-state index in [1.807, 2.05) is 65.2 Å². The second kappa shape index (κ2) is 5.92. The van der Waals surface area contributed by atoms with E-state index in [1.54, 1.807) is 22.6 Å². The summed E-state index contributed by atoms with van der Waals surface area (Å²) in [6.07, 6.45) is 0. The van der Waals surface area contributed by atoms with E-state index in [4.69, 9.17) is 4.98 Å². The van der Waals surface area contributed by atoms with Crippen molar-refractivity contribution >= 4 is 33.5 Å². The molecule has 5 heteroatoms. The van der Waals surface area contributed by atoms with E-state index in [2.05, 4.69) is 0 Å². The molecule has 130 valence electrons. The molecule has 0 aliphatic carbocycles. The summed E-state index contributed by atoms with van der Waals surface area (Å²) < 4.78 is 3.41. The van der Waals surface area contributed by atoms with Gasteiger partial charge in [-0.1, -0.05) is 54.6 Å². The molecular weight excluding hydrogens is 338 g/mol. The fourth-order valence-corrected chi connectivity index (χ4v) is 3.52. The first-order valence-corrected chi connectivity index (χ1v) is 8.71. The highest BCUT2D eigenvalue weighted by Crippen LogP contribution is 2.21. The van der Waals surface area contributed by atoms with Crippen molar-refractivity contribution in [3.63, 3.8) is 0 Å². The smallest absolute Gasteiger partial charge is 0.267 e. The number of carbonyl (C=O) groups is 1. The monoisotopic (exact) mass is 353 g/mol. The van der Waals surface area contributed by atoms with Crippen LogP contribution in [0.4, 0.5) is 0 Å². The number of Topliss-reactive ketones (excluding diaryl/α,β-unsaturated/α-hetero) is 1. The zero-order valence-corrected chi connectivity index (χ0v) is 14.4. The van der Waals surface area contributed by atoms with Crippen LogP contribution in [0.1, 0.15) is 10.4 Å². The first-order chi connectivity index (χ1) is 13.2. The third-order valence-corrected chi connectivity index (χ3v) is 4.81. The summed E-state index contributed by atoms with van der Waals surface area (Å²) >= 11 is 0. The molecular formula is C22H15N3O2. The fraction of sp³-hybridized carbons (Fsp3) is 0.0455. The van der Waals surface area contributed by atoms with Crippen molar-refractivity contribution in [2.75, 3.05) is 0 Å². The van der Waals surface area contributed by atoms with Gasteiger partial charge < -0.3 is 4.57 Å². The molecule has 5 aromatic rings. The SMILES string of the molecule is O=C(Cn1c2ccccc2n2c(=O)c3ccccc3nc12)c1ccccc1. The maximum atomic E-state index is 13.1. The molecule has 0 saturated carbocycles. The minimum absolute atomic E-state index is 0.0266.